The second-order valence-electron chi connectivity index (χ2n) is 8.68. The predicted molar refractivity (Wildman–Crippen MR) is 126 cm³/mol. The molecule has 2 saturated heterocycles. The van der Waals surface area contributed by atoms with E-state index in [1.54, 1.807) is 24.5 Å². The fourth-order valence-electron chi connectivity index (χ4n) is 4.79. The van der Waals surface area contributed by atoms with Crippen LogP contribution in [-0.4, -0.2) is 56.7 Å². The number of aryl methyl sites for hydroxylation is 1. The molecule has 35 heavy (non-hydrogen) atoms. The van der Waals surface area contributed by atoms with E-state index in [4.69, 9.17) is 25.7 Å². The number of fused-ring (bicyclic) bond motifs is 2. The zero-order valence-corrected chi connectivity index (χ0v) is 18.9. The van der Waals surface area contributed by atoms with Crippen LogP contribution in [0.4, 0.5) is 5.69 Å². The molecule has 1 aromatic carbocycles. The zero-order chi connectivity index (χ0) is 24.1. The number of nitrogens with one attached hydrogen (secondary N) is 1. The van der Waals surface area contributed by atoms with Crippen LogP contribution in [0.1, 0.15) is 22.5 Å². The molecule has 0 saturated carbocycles. The number of aromatic nitrogens is 5. The van der Waals surface area contributed by atoms with Crippen LogP contribution in [-0.2, 0) is 9.47 Å². The SMILES string of the molecule is Cc1ccc2[nH]ncc2c1-c1cc(-c2ccnc(O[C@H]3CO[C@H]4OCC[C@H]43)n2)nc(C(N)=O)c1N. The molecule has 0 spiro atoms. The fourth-order valence-corrected chi connectivity index (χ4v) is 4.79. The monoisotopic (exact) mass is 473 g/mol. The van der Waals surface area contributed by atoms with Crippen LogP contribution in [0.25, 0.3) is 33.4 Å². The van der Waals surface area contributed by atoms with Gasteiger partial charge in [0.1, 0.15) is 6.10 Å². The Morgan fingerprint density at radius 2 is 2.09 bits per heavy atom. The van der Waals surface area contributed by atoms with Crippen molar-refractivity contribution in [3.8, 4) is 28.5 Å². The lowest BCUT2D eigenvalue weighted by molar-refractivity contribution is -0.0906. The van der Waals surface area contributed by atoms with Gasteiger partial charge in [0.05, 0.1) is 47.9 Å². The second-order valence-corrected chi connectivity index (χ2v) is 8.68. The van der Waals surface area contributed by atoms with Gasteiger partial charge < -0.3 is 25.7 Å². The van der Waals surface area contributed by atoms with Crippen LogP contribution in [0.5, 0.6) is 6.01 Å². The van der Waals surface area contributed by atoms with Crippen molar-refractivity contribution in [1.29, 1.82) is 0 Å². The Hall–Kier alpha value is -4.09. The quantitative estimate of drug-likeness (QED) is 0.394. The van der Waals surface area contributed by atoms with E-state index in [9.17, 15) is 4.79 Å². The molecule has 2 fully saturated rings. The Balaban J connectivity index is 1.43. The Bertz CT molecular complexity index is 1450. The standard InChI is InChI=1S/C24H23N7O4/c1-11-2-3-15-14(9-28-31-15)19(11)13-8-17(29-21(20(13)25)22(26)32)16-4-6-27-24(30-16)35-18-10-34-23-12(18)5-7-33-23/h2-4,6,8-9,12,18,23H,5,7,10,25H2,1H3,(H2,26,32)(H,28,31)/t12-,18-,23+/m0/s1. The van der Waals surface area contributed by atoms with E-state index >= 15 is 0 Å². The number of pyridine rings is 1. The Labute approximate surface area is 199 Å². The van der Waals surface area contributed by atoms with Crippen LogP contribution >= 0.6 is 0 Å². The van der Waals surface area contributed by atoms with Gasteiger partial charge in [-0.25, -0.2) is 9.97 Å². The molecule has 2 aliphatic heterocycles. The van der Waals surface area contributed by atoms with E-state index in [1.165, 1.54) is 0 Å². The van der Waals surface area contributed by atoms with Gasteiger partial charge in [0.15, 0.2) is 12.0 Å². The van der Waals surface area contributed by atoms with Crippen LogP contribution in [0, 0.1) is 12.8 Å². The summed E-state index contributed by atoms with van der Waals surface area (Å²) >= 11 is 0. The minimum Gasteiger partial charge on any atom is -0.457 e. The first kappa shape index (κ1) is 21.4. The van der Waals surface area contributed by atoms with Gasteiger partial charge in [-0.15, -0.1) is 0 Å². The first-order chi connectivity index (χ1) is 17.0. The second kappa shape index (κ2) is 8.29. The summed E-state index contributed by atoms with van der Waals surface area (Å²) in [7, 11) is 0. The highest BCUT2D eigenvalue weighted by Crippen LogP contribution is 2.38. The summed E-state index contributed by atoms with van der Waals surface area (Å²) < 4.78 is 17.3. The first-order valence-corrected chi connectivity index (χ1v) is 11.3. The molecule has 5 N–H and O–H groups in total. The molecular weight excluding hydrogens is 450 g/mol. The van der Waals surface area contributed by atoms with Gasteiger partial charge in [0.25, 0.3) is 5.91 Å². The van der Waals surface area contributed by atoms with E-state index in [0.29, 0.717) is 30.2 Å². The van der Waals surface area contributed by atoms with Crippen LogP contribution in [0.2, 0.25) is 0 Å². The largest absolute Gasteiger partial charge is 0.457 e. The molecule has 0 aliphatic carbocycles. The van der Waals surface area contributed by atoms with Crippen molar-refractivity contribution < 1.29 is 19.0 Å². The number of nitrogen functional groups attached to an aromatic ring is 1. The summed E-state index contributed by atoms with van der Waals surface area (Å²) in [5.41, 5.74) is 16.3. The normalized spacial score (nSPS) is 21.3. The van der Waals surface area contributed by atoms with Gasteiger partial charge in [-0.3, -0.25) is 9.89 Å². The van der Waals surface area contributed by atoms with Gasteiger partial charge in [-0.05, 0) is 42.7 Å². The van der Waals surface area contributed by atoms with Crippen molar-refractivity contribution in [2.45, 2.75) is 25.7 Å². The lowest BCUT2D eigenvalue weighted by Crippen LogP contribution is -2.27. The number of rotatable bonds is 5. The molecule has 0 radical (unpaired) electrons. The summed E-state index contributed by atoms with van der Waals surface area (Å²) in [4.78, 5) is 25.5. The minimum absolute atomic E-state index is 0.0337. The maximum absolute atomic E-state index is 12.3. The van der Waals surface area contributed by atoms with Crippen molar-refractivity contribution in [3.05, 3.63) is 47.9 Å². The molecule has 2 aliphatic rings. The van der Waals surface area contributed by atoms with Gasteiger partial charge >= 0.3 is 6.01 Å². The van der Waals surface area contributed by atoms with Gasteiger partial charge in [0.2, 0.25) is 0 Å². The number of nitrogens with two attached hydrogens (primary N) is 2. The number of aromatic amines is 1. The number of amides is 1. The maximum Gasteiger partial charge on any atom is 0.317 e. The lowest BCUT2D eigenvalue weighted by atomic mass is 9.94. The number of ether oxygens (including phenoxy) is 3. The number of carbonyl (C=O) groups excluding carboxylic acids is 1. The highest BCUT2D eigenvalue weighted by Gasteiger charge is 2.43. The third kappa shape index (κ3) is 3.65. The highest BCUT2D eigenvalue weighted by atomic mass is 16.7. The summed E-state index contributed by atoms with van der Waals surface area (Å²) in [5.74, 6) is -0.591. The molecular formula is C24H23N7O4. The molecule has 5 heterocycles. The van der Waals surface area contributed by atoms with Crippen molar-refractivity contribution in [2.24, 2.45) is 11.7 Å². The van der Waals surface area contributed by atoms with Crippen molar-refractivity contribution in [1.82, 2.24) is 25.1 Å². The highest BCUT2D eigenvalue weighted by molar-refractivity contribution is 6.05. The third-order valence-electron chi connectivity index (χ3n) is 6.53. The maximum atomic E-state index is 12.3. The van der Waals surface area contributed by atoms with Crippen LogP contribution in [0.15, 0.2) is 36.7 Å². The summed E-state index contributed by atoms with van der Waals surface area (Å²) in [6.45, 7) is 3.02. The average Bonchev–Trinajstić information content (AvgIpc) is 3.58. The molecule has 0 unspecified atom stereocenters. The fraction of sp³-hybridized carbons (Fsp3) is 0.292. The van der Waals surface area contributed by atoms with Gasteiger partial charge in [-0.1, -0.05) is 6.07 Å². The van der Waals surface area contributed by atoms with Gasteiger partial charge in [-0.2, -0.15) is 10.1 Å². The van der Waals surface area contributed by atoms with Gasteiger partial charge in [0, 0.05) is 17.1 Å². The summed E-state index contributed by atoms with van der Waals surface area (Å²) in [6, 6.07) is 7.58. The molecule has 11 nitrogen and oxygen atoms in total. The Kier molecular flexibility index (Phi) is 5.08. The summed E-state index contributed by atoms with van der Waals surface area (Å²) in [5, 5.41) is 7.98. The van der Waals surface area contributed by atoms with Crippen LogP contribution in [0.3, 0.4) is 0 Å². The number of hydrogen-bond donors (Lipinski definition) is 3. The van der Waals surface area contributed by atoms with E-state index < -0.39 is 5.91 Å². The van der Waals surface area contributed by atoms with Crippen molar-refractivity contribution in [2.75, 3.05) is 18.9 Å². The topological polar surface area (TPSA) is 164 Å². The number of nitrogens with zero attached hydrogens (tertiary/aromatic N) is 4. The predicted octanol–water partition coefficient (Wildman–Crippen LogP) is 2.21. The Morgan fingerprint density at radius 1 is 1.20 bits per heavy atom. The van der Waals surface area contributed by atoms with Crippen LogP contribution < -0.4 is 16.2 Å². The molecule has 3 atom stereocenters. The number of H-pyrrole nitrogens is 1. The number of hydrogen-bond acceptors (Lipinski definition) is 9. The average molecular weight is 473 g/mol. The number of primary amides is 1. The van der Waals surface area contributed by atoms with E-state index in [1.807, 2.05) is 19.1 Å². The zero-order valence-electron chi connectivity index (χ0n) is 18.9. The number of benzene rings is 1. The molecule has 4 aromatic rings. The van der Waals surface area contributed by atoms with E-state index in [0.717, 1.165) is 28.5 Å². The van der Waals surface area contributed by atoms with E-state index in [-0.39, 0.29) is 35.7 Å². The molecule has 178 valence electrons. The molecule has 3 aromatic heterocycles. The minimum atomic E-state index is -0.733. The first-order valence-electron chi connectivity index (χ1n) is 11.3. The third-order valence-corrected chi connectivity index (χ3v) is 6.53. The number of anilines is 1. The number of carbonyl (C=O) groups is 1. The molecule has 11 heteroatoms. The smallest absolute Gasteiger partial charge is 0.317 e. The van der Waals surface area contributed by atoms with Crippen molar-refractivity contribution >= 4 is 22.5 Å². The van der Waals surface area contributed by atoms with Crippen molar-refractivity contribution in [3.63, 3.8) is 0 Å². The lowest BCUT2D eigenvalue weighted by Gasteiger charge is -2.16. The Morgan fingerprint density at radius 3 is 2.94 bits per heavy atom. The van der Waals surface area contributed by atoms with E-state index in [2.05, 4.69) is 25.1 Å². The summed E-state index contributed by atoms with van der Waals surface area (Å²) in [6.07, 6.45) is 3.73. The molecule has 0 bridgehead atoms. The molecule has 6 rings (SSSR count). The molecule has 1 amide bonds.